The van der Waals surface area contributed by atoms with Crippen LogP contribution in [0.2, 0.25) is 0 Å². The van der Waals surface area contributed by atoms with Crippen molar-refractivity contribution in [1.82, 2.24) is 9.80 Å². The van der Waals surface area contributed by atoms with E-state index in [0.29, 0.717) is 42.9 Å². The maximum atomic E-state index is 14.3. The number of piperidine rings is 1. The van der Waals surface area contributed by atoms with Crippen molar-refractivity contribution in [3.8, 4) is 11.5 Å². The van der Waals surface area contributed by atoms with E-state index in [0.717, 1.165) is 48.4 Å². The van der Waals surface area contributed by atoms with Crippen LogP contribution in [0.5, 0.6) is 11.5 Å². The van der Waals surface area contributed by atoms with Crippen molar-refractivity contribution in [3.05, 3.63) is 58.7 Å². The van der Waals surface area contributed by atoms with Crippen LogP contribution in [-0.4, -0.2) is 54.5 Å². The number of hydrogen-bond acceptors (Lipinski definition) is 4. The van der Waals surface area contributed by atoms with Crippen LogP contribution in [0.25, 0.3) is 0 Å². The average Bonchev–Trinajstić information content (AvgIpc) is 2.84. The summed E-state index contributed by atoms with van der Waals surface area (Å²) in [5.74, 6) is 2.03. The molecule has 1 fully saturated rings. The molecule has 0 spiro atoms. The van der Waals surface area contributed by atoms with Crippen molar-refractivity contribution in [1.29, 1.82) is 0 Å². The highest BCUT2D eigenvalue weighted by Crippen LogP contribution is 2.49. The summed E-state index contributed by atoms with van der Waals surface area (Å²) in [4.78, 5) is 31.9. The summed E-state index contributed by atoms with van der Waals surface area (Å²) < 4.78 is 11.8. The van der Waals surface area contributed by atoms with Gasteiger partial charge < -0.3 is 19.3 Å². The largest absolute Gasteiger partial charge is 0.490 e. The second-order valence-corrected chi connectivity index (χ2v) is 10.3. The highest BCUT2D eigenvalue weighted by atomic mass is 16.5. The lowest BCUT2D eigenvalue weighted by Gasteiger charge is -2.47. The van der Waals surface area contributed by atoms with E-state index < -0.39 is 5.92 Å². The third-order valence-corrected chi connectivity index (χ3v) is 7.63. The van der Waals surface area contributed by atoms with Crippen LogP contribution < -0.4 is 9.47 Å². The number of amides is 2. The maximum absolute atomic E-state index is 14.3. The Labute approximate surface area is 208 Å². The first-order valence-corrected chi connectivity index (χ1v) is 13.0. The molecule has 35 heavy (non-hydrogen) atoms. The number of fused-ring (bicyclic) bond motifs is 4. The molecule has 5 rings (SSSR count). The van der Waals surface area contributed by atoms with Crippen LogP contribution in [0.3, 0.4) is 0 Å². The number of carbonyl (C=O) groups is 2. The molecule has 2 aromatic carbocycles. The topological polar surface area (TPSA) is 59.1 Å². The predicted octanol–water partition coefficient (Wildman–Crippen LogP) is 4.83. The standard InChI is InChI=1S/C29H36N2O4/c1-5-34-24-14-20-11-12-31-27(23(20)15-25(24)35-6-2)26(21-9-7-8-10-22(21)28(31)32)29(33)30-16-18(3)13-19(4)17-30/h7-10,14-15,18-19,26-27H,5-6,11-13,16-17H2,1-4H3. The van der Waals surface area contributed by atoms with E-state index in [9.17, 15) is 9.59 Å². The van der Waals surface area contributed by atoms with Gasteiger partial charge in [-0.05, 0) is 73.4 Å². The van der Waals surface area contributed by atoms with E-state index >= 15 is 0 Å². The Morgan fingerprint density at radius 2 is 1.63 bits per heavy atom. The minimum Gasteiger partial charge on any atom is -0.490 e. The molecule has 3 aliphatic heterocycles. The number of rotatable bonds is 5. The molecule has 0 radical (unpaired) electrons. The number of nitrogens with zero attached hydrogens (tertiary/aromatic N) is 2. The Morgan fingerprint density at radius 1 is 0.971 bits per heavy atom. The van der Waals surface area contributed by atoms with Gasteiger partial charge in [0, 0.05) is 25.2 Å². The molecule has 0 bridgehead atoms. The molecule has 0 saturated carbocycles. The van der Waals surface area contributed by atoms with Crippen molar-refractivity contribution >= 4 is 11.8 Å². The van der Waals surface area contributed by atoms with Crippen LogP contribution in [-0.2, 0) is 11.2 Å². The summed E-state index contributed by atoms with van der Waals surface area (Å²) in [6, 6.07) is 11.4. The molecule has 186 valence electrons. The molecule has 0 aromatic heterocycles. The lowest BCUT2D eigenvalue weighted by Crippen LogP contribution is -2.52. The zero-order chi connectivity index (χ0) is 24.7. The zero-order valence-electron chi connectivity index (χ0n) is 21.3. The van der Waals surface area contributed by atoms with Gasteiger partial charge in [-0.25, -0.2) is 0 Å². The van der Waals surface area contributed by atoms with Gasteiger partial charge in [-0.3, -0.25) is 9.59 Å². The molecule has 3 heterocycles. The van der Waals surface area contributed by atoms with Gasteiger partial charge in [0.15, 0.2) is 11.5 Å². The van der Waals surface area contributed by atoms with Crippen LogP contribution in [0.15, 0.2) is 36.4 Å². The molecule has 2 amide bonds. The number of carbonyl (C=O) groups excluding carboxylic acids is 2. The van der Waals surface area contributed by atoms with Crippen LogP contribution in [0.1, 0.15) is 73.1 Å². The average molecular weight is 477 g/mol. The van der Waals surface area contributed by atoms with Crippen LogP contribution >= 0.6 is 0 Å². The van der Waals surface area contributed by atoms with Gasteiger partial charge in [0.25, 0.3) is 5.91 Å². The first-order chi connectivity index (χ1) is 16.9. The van der Waals surface area contributed by atoms with Gasteiger partial charge in [0.05, 0.1) is 25.2 Å². The quantitative estimate of drug-likeness (QED) is 0.621. The molecule has 0 aliphatic carbocycles. The van der Waals surface area contributed by atoms with Gasteiger partial charge in [-0.2, -0.15) is 0 Å². The molecule has 6 heteroatoms. The monoisotopic (exact) mass is 476 g/mol. The first kappa shape index (κ1) is 23.7. The number of ether oxygens (including phenoxy) is 2. The Morgan fingerprint density at radius 3 is 2.31 bits per heavy atom. The fraction of sp³-hybridized carbons (Fsp3) is 0.517. The minimum absolute atomic E-state index is 0.00697. The Bertz CT molecular complexity index is 1120. The van der Waals surface area contributed by atoms with E-state index in [1.165, 1.54) is 0 Å². The summed E-state index contributed by atoms with van der Waals surface area (Å²) in [7, 11) is 0. The van der Waals surface area contributed by atoms with Crippen LogP contribution in [0, 0.1) is 11.8 Å². The van der Waals surface area contributed by atoms with E-state index in [2.05, 4.69) is 19.9 Å². The third kappa shape index (κ3) is 4.17. The van der Waals surface area contributed by atoms with Crippen molar-refractivity contribution in [3.63, 3.8) is 0 Å². The molecular formula is C29H36N2O4. The molecule has 6 nitrogen and oxygen atoms in total. The SMILES string of the molecule is CCOc1cc2c(cc1OCC)C1C(C(=O)N3CC(C)CC(C)C3)c3ccccc3C(=O)N1CC2. The molecule has 1 saturated heterocycles. The Balaban J connectivity index is 1.65. The predicted molar refractivity (Wildman–Crippen MR) is 135 cm³/mol. The minimum atomic E-state index is -0.437. The van der Waals surface area contributed by atoms with Crippen molar-refractivity contribution in [2.24, 2.45) is 11.8 Å². The first-order valence-electron chi connectivity index (χ1n) is 13.0. The fourth-order valence-electron chi connectivity index (χ4n) is 6.38. The van der Waals surface area contributed by atoms with Gasteiger partial charge in [0.1, 0.15) is 0 Å². The smallest absolute Gasteiger partial charge is 0.254 e. The van der Waals surface area contributed by atoms with E-state index in [4.69, 9.17) is 9.47 Å². The number of hydrogen-bond donors (Lipinski definition) is 0. The van der Waals surface area contributed by atoms with Crippen molar-refractivity contribution in [2.45, 2.75) is 52.5 Å². The highest BCUT2D eigenvalue weighted by Gasteiger charge is 2.48. The molecule has 2 aromatic rings. The fourth-order valence-corrected chi connectivity index (χ4v) is 6.38. The van der Waals surface area contributed by atoms with Gasteiger partial charge >= 0.3 is 0 Å². The second-order valence-electron chi connectivity index (χ2n) is 10.3. The number of benzene rings is 2. The Hall–Kier alpha value is -3.02. The molecule has 4 atom stereocenters. The summed E-state index contributed by atoms with van der Waals surface area (Å²) in [5, 5.41) is 0. The van der Waals surface area contributed by atoms with Gasteiger partial charge in [0.2, 0.25) is 5.91 Å². The van der Waals surface area contributed by atoms with Gasteiger partial charge in [-0.15, -0.1) is 0 Å². The van der Waals surface area contributed by atoms with Gasteiger partial charge in [-0.1, -0.05) is 32.0 Å². The summed E-state index contributed by atoms with van der Waals surface area (Å²) >= 11 is 0. The Kier molecular flexibility index (Phi) is 6.47. The molecule has 3 aliphatic rings. The molecule has 0 N–H and O–H groups in total. The van der Waals surface area contributed by atoms with E-state index in [1.54, 1.807) is 0 Å². The van der Waals surface area contributed by atoms with Crippen LogP contribution in [0.4, 0.5) is 0 Å². The second kappa shape index (κ2) is 9.56. The lowest BCUT2D eigenvalue weighted by atomic mass is 9.75. The van der Waals surface area contributed by atoms with Crippen molar-refractivity contribution < 1.29 is 19.1 Å². The normalized spacial score (nSPS) is 25.4. The highest BCUT2D eigenvalue weighted by molar-refractivity contribution is 6.01. The van der Waals surface area contributed by atoms with E-state index in [1.807, 2.05) is 54.0 Å². The third-order valence-electron chi connectivity index (χ3n) is 7.63. The van der Waals surface area contributed by atoms with Crippen molar-refractivity contribution in [2.75, 3.05) is 32.8 Å². The summed E-state index contributed by atoms with van der Waals surface area (Å²) in [5.41, 5.74) is 3.62. The number of likely N-dealkylation sites (tertiary alicyclic amines) is 1. The summed E-state index contributed by atoms with van der Waals surface area (Å²) in [6.07, 6.45) is 1.87. The maximum Gasteiger partial charge on any atom is 0.254 e. The molecular weight excluding hydrogens is 440 g/mol. The summed E-state index contributed by atoms with van der Waals surface area (Å²) in [6.45, 7) is 11.5. The zero-order valence-corrected chi connectivity index (χ0v) is 21.3. The molecule has 4 unspecified atom stereocenters. The van der Waals surface area contributed by atoms with E-state index in [-0.39, 0.29) is 17.9 Å². The lowest BCUT2D eigenvalue weighted by molar-refractivity contribution is -0.137.